The largest absolute Gasteiger partial charge is 0.324 e. The first-order chi connectivity index (χ1) is 8.89. The van der Waals surface area contributed by atoms with Gasteiger partial charge in [-0.3, -0.25) is 10.1 Å². The van der Waals surface area contributed by atoms with Gasteiger partial charge in [0.25, 0.3) is 0 Å². The zero-order valence-corrected chi connectivity index (χ0v) is 13.5. The second kappa shape index (κ2) is 6.71. The van der Waals surface area contributed by atoms with Gasteiger partial charge in [0.15, 0.2) is 0 Å². The summed E-state index contributed by atoms with van der Waals surface area (Å²) >= 11 is 0. The Morgan fingerprint density at radius 2 is 1.89 bits per heavy atom. The molecule has 0 radical (unpaired) electrons. The van der Waals surface area contributed by atoms with Crippen LogP contribution in [0.5, 0.6) is 0 Å². The van der Waals surface area contributed by atoms with Crippen molar-refractivity contribution in [2.24, 2.45) is 5.92 Å². The molecule has 0 aromatic heterocycles. The summed E-state index contributed by atoms with van der Waals surface area (Å²) in [5, 5.41) is 3.53. The summed E-state index contributed by atoms with van der Waals surface area (Å²) in [6.45, 7) is 16.7. The maximum Gasteiger partial charge on any atom is 0.243 e. The third kappa shape index (κ3) is 3.48. The first-order valence-electron chi connectivity index (χ1n) is 7.70. The Morgan fingerprint density at radius 3 is 2.32 bits per heavy atom. The van der Waals surface area contributed by atoms with Gasteiger partial charge in [-0.25, -0.2) is 0 Å². The van der Waals surface area contributed by atoms with Crippen LogP contribution in [0.3, 0.4) is 0 Å². The van der Waals surface area contributed by atoms with Gasteiger partial charge in [-0.15, -0.1) is 0 Å². The fourth-order valence-electron chi connectivity index (χ4n) is 2.72. The molecule has 0 aliphatic carbocycles. The lowest BCUT2D eigenvalue weighted by atomic mass is 9.99. The van der Waals surface area contributed by atoms with Crippen molar-refractivity contribution in [3.8, 4) is 0 Å². The zero-order valence-electron chi connectivity index (χ0n) is 13.5. The van der Waals surface area contributed by atoms with Crippen LogP contribution < -0.4 is 5.32 Å². The van der Waals surface area contributed by atoms with Crippen molar-refractivity contribution in [2.45, 2.75) is 59.7 Å². The van der Waals surface area contributed by atoms with Crippen LogP contribution in [-0.4, -0.2) is 53.6 Å². The molecule has 2 unspecified atom stereocenters. The number of rotatable bonds is 7. The Morgan fingerprint density at radius 1 is 1.32 bits per heavy atom. The minimum Gasteiger partial charge on any atom is -0.324 e. The van der Waals surface area contributed by atoms with E-state index in [1.807, 2.05) is 11.8 Å². The number of hydrogen-bond acceptors (Lipinski definition) is 3. The molecule has 2 atom stereocenters. The van der Waals surface area contributed by atoms with Crippen molar-refractivity contribution >= 4 is 5.91 Å². The van der Waals surface area contributed by atoms with E-state index in [0.717, 1.165) is 32.6 Å². The molecule has 1 heterocycles. The maximum atomic E-state index is 12.6. The minimum absolute atomic E-state index is 0.174. The summed E-state index contributed by atoms with van der Waals surface area (Å²) in [4.78, 5) is 17.0. The van der Waals surface area contributed by atoms with Gasteiger partial charge in [-0.1, -0.05) is 34.6 Å². The third-order valence-corrected chi connectivity index (χ3v) is 4.43. The van der Waals surface area contributed by atoms with Crippen LogP contribution in [0.2, 0.25) is 0 Å². The molecule has 0 aromatic rings. The Kier molecular flexibility index (Phi) is 5.81. The van der Waals surface area contributed by atoms with Gasteiger partial charge >= 0.3 is 0 Å². The van der Waals surface area contributed by atoms with Crippen molar-refractivity contribution in [1.29, 1.82) is 0 Å². The lowest BCUT2D eigenvalue weighted by molar-refractivity contribution is -0.133. The van der Waals surface area contributed by atoms with Gasteiger partial charge in [-0.05, 0) is 32.4 Å². The maximum absolute atomic E-state index is 12.6. The fourth-order valence-corrected chi connectivity index (χ4v) is 2.72. The average molecular weight is 269 g/mol. The van der Waals surface area contributed by atoms with Crippen molar-refractivity contribution in [2.75, 3.05) is 26.2 Å². The standard InChI is InChI=1S/C15H31N3O/c1-7-15(6)14(19)18(13(16-15)12(4)5)11-10-17(8-2)9-3/h12-13,16H,7-11H2,1-6H3. The molecular formula is C15H31N3O. The van der Waals surface area contributed by atoms with E-state index in [2.05, 4.69) is 44.8 Å². The topological polar surface area (TPSA) is 35.6 Å². The van der Waals surface area contributed by atoms with E-state index in [-0.39, 0.29) is 17.6 Å². The number of carbonyl (C=O) groups excluding carboxylic acids is 1. The predicted octanol–water partition coefficient (Wildman–Crippen LogP) is 1.91. The Hall–Kier alpha value is -0.610. The van der Waals surface area contributed by atoms with Gasteiger partial charge < -0.3 is 9.80 Å². The van der Waals surface area contributed by atoms with Crippen LogP contribution in [0, 0.1) is 5.92 Å². The molecule has 0 aromatic carbocycles. The number of amides is 1. The molecule has 1 aliphatic rings. The molecule has 1 aliphatic heterocycles. The normalized spacial score (nSPS) is 27.9. The summed E-state index contributed by atoms with van der Waals surface area (Å²) in [5.41, 5.74) is -0.377. The van der Waals surface area contributed by atoms with E-state index in [1.54, 1.807) is 0 Å². The lowest BCUT2D eigenvalue weighted by Gasteiger charge is -2.29. The summed E-state index contributed by atoms with van der Waals surface area (Å²) in [7, 11) is 0. The second-order valence-electron chi connectivity index (χ2n) is 6.04. The quantitative estimate of drug-likeness (QED) is 0.767. The van der Waals surface area contributed by atoms with E-state index < -0.39 is 0 Å². The van der Waals surface area contributed by atoms with E-state index in [9.17, 15) is 4.79 Å². The third-order valence-electron chi connectivity index (χ3n) is 4.43. The SMILES string of the molecule is CCN(CC)CCN1C(=O)C(C)(CC)NC1C(C)C. The van der Waals surface area contributed by atoms with E-state index in [1.165, 1.54) is 0 Å². The van der Waals surface area contributed by atoms with Gasteiger partial charge in [0, 0.05) is 13.1 Å². The van der Waals surface area contributed by atoms with Crippen molar-refractivity contribution in [3.63, 3.8) is 0 Å². The zero-order chi connectivity index (χ0) is 14.6. The Labute approximate surface area is 118 Å². The van der Waals surface area contributed by atoms with Crippen molar-refractivity contribution < 1.29 is 4.79 Å². The monoisotopic (exact) mass is 269 g/mol. The first kappa shape index (κ1) is 16.4. The molecule has 1 saturated heterocycles. The summed E-state index contributed by atoms with van der Waals surface area (Å²) in [6, 6.07) is 0. The number of hydrogen-bond donors (Lipinski definition) is 1. The second-order valence-corrected chi connectivity index (χ2v) is 6.04. The molecule has 1 amide bonds. The molecule has 112 valence electrons. The highest BCUT2D eigenvalue weighted by molar-refractivity contribution is 5.88. The van der Waals surface area contributed by atoms with Gasteiger partial charge in [0.1, 0.15) is 0 Å². The van der Waals surface area contributed by atoms with Crippen LogP contribution in [0.1, 0.15) is 48.0 Å². The summed E-state index contributed by atoms with van der Waals surface area (Å²) in [5.74, 6) is 0.704. The van der Waals surface area contributed by atoms with E-state index >= 15 is 0 Å². The molecule has 4 nitrogen and oxygen atoms in total. The fraction of sp³-hybridized carbons (Fsp3) is 0.933. The molecular weight excluding hydrogens is 238 g/mol. The molecule has 4 heteroatoms. The molecule has 1 fully saturated rings. The van der Waals surface area contributed by atoms with Crippen LogP contribution in [0.15, 0.2) is 0 Å². The number of carbonyl (C=O) groups is 1. The Balaban J connectivity index is 2.75. The van der Waals surface area contributed by atoms with Crippen molar-refractivity contribution in [1.82, 2.24) is 15.1 Å². The van der Waals surface area contributed by atoms with Gasteiger partial charge in [-0.2, -0.15) is 0 Å². The van der Waals surface area contributed by atoms with E-state index in [0.29, 0.717) is 5.92 Å². The van der Waals surface area contributed by atoms with Crippen LogP contribution >= 0.6 is 0 Å². The smallest absolute Gasteiger partial charge is 0.243 e. The molecule has 1 rings (SSSR count). The van der Waals surface area contributed by atoms with Crippen LogP contribution in [0.4, 0.5) is 0 Å². The lowest BCUT2D eigenvalue weighted by Crippen LogP contribution is -2.45. The van der Waals surface area contributed by atoms with Crippen LogP contribution in [-0.2, 0) is 4.79 Å². The number of nitrogens with one attached hydrogen (secondary N) is 1. The predicted molar refractivity (Wildman–Crippen MR) is 80.0 cm³/mol. The van der Waals surface area contributed by atoms with E-state index in [4.69, 9.17) is 0 Å². The van der Waals surface area contributed by atoms with Gasteiger partial charge in [0.05, 0.1) is 11.7 Å². The highest BCUT2D eigenvalue weighted by Crippen LogP contribution is 2.26. The molecule has 0 bridgehead atoms. The summed E-state index contributed by atoms with van der Waals surface area (Å²) in [6.07, 6.45) is 1.02. The number of nitrogens with zero attached hydrogens (tertiary/aromatic N) is 2. The average Bonchev–Trinajstić information content (AvgIpc) is 2.65. The molecule has 0 saturated carbocycles. The highest BCUT2D eigenvalue weighted by Gasteiger charge is 2.47. The first-order valence-corrected chi connectivity index (χ1v) is 7.70. The summed E-state index contributed by atoms with van der Waals surface area (Å²) < 4.78 is 0. The highest BCUT2D eigenvalue weighted by atomic mass is 16.2. The molecule has 1 N–H and O–H groups in total. The molecule has 0 spiro atoms. The van der Waals surface area contributed by atoms with Gasteiger partial charge in [0.2, 0.25) is 5.91 Å². The minimum atomic E-state index is -0.377. The van der Waals surface area contributed by atoms with Crippen LogP contribution in [0.25, 0.3) is 0 Å². The Bertz CT molecular complexity index is 302. The van der Waals surface area contributed by atoms with Crippen molar-refractivity contribution in [3.05, 3.63) is 0 Å². The number of likely N-dealkylation sites (N-methyl/N-ethyl adjacent to an activating group) is 1. The molecule has 19 heavy (non-hydrogen) atoms.